The molecule has 35 heavy (non-hydrogen) atoms. The minimum atomic E-state index is -1.73. The molecule has 0 aliphatic carbocycles. The molecule has 188 valence electrons. The highest BCUT2D eigenvalue weighted by Gasteiger charge is 2.57. The van der Waals surface area contributed by atoms with Crippen LogP contribution in [0.3, 0.4) is 0 Å². The molecule has 3 atom stereocenters. The van der Waals surface area contributed by atoms with Crippen LogP contribution in [-0.4, -0.2) is 96.6 Å². The molecule has 10 heteroatoms. The van der Waals surface area contributed by atoms with Gasteiger partial charge >= 0.3 is 0 Å². The van der Waals surface area contributed by atoms with Gasteiger partial charge in [-0.05, 0) is 25.5 Å². The van der Waals surface area contributed by atoms with E-state index in [0.717, 1.165) is 5.56 Å². The van der Waals surface area contributed by atoms with Crippen molar-refractivity contribution in [3.05, 3.63) is 29.8 Å². The molecule has 3 heterocycles. The van der Waals surface area contributed by atoms with Gasteiger partial charge in [0.25, 0.3) is 0 Å². The summed E-state index contributed by atoms with van der Waals surface area (Å²) in [6.45, 7) is 5.08. The second-order valence-electron chi connectivity index (χ2n) is 10.2. The number of fused-ring (bicyclic) bond motifs is 2. The third-order valence-corrected chi connectivity index (χ3v) is 7.20. The van der Waals surface area contributed by atoms with Crippen LogP contribution >= 0.6 is 0 Å². The summed E-state index contributed by atoms with van der Waals surface area (Å²) in [5.74, 6) is -1.08. The molecular weight excluding hydrogens is 453 g/mol. The SMILES string of the molecule is CN(C(=O)CN1CCOCC1)[C@@H](CC(C)(C)F)C(=O)N1C[C@]2(C[C@H]1C#N)C(=O)Nc1ccccc12. The quantitative estimate of drug-likeness (QED) is 0.651. The molecule has 1 aromatic rings. The maximum absolute atomic E-state index is 14.8. The summed E-state index contributed by atoms with van der Waals surface area (Å²) in [6.07, 6.45) is -0.0725. The van der Waals surface area contributed by atoms with E-state index >= 15 is 0 Å². The third kappa shape index (κ3) is 4.88. The number of nitriles is 1. The fourth-order valence-electron chi connectivity index (χ4n) is 5.26. The number of morpholine rings is 1. The first-order valence-electron chi connectivity index (χ1n) is 11.9. The number of ether oxygens (including phenoxy) is 1. The number of likely N-dealkylation sites (tertiary alicyclic amines) is 1. The summed E-state index contributed by atoms with van der Waals surface area (Å²) in [5.41, 5.74) is -1.36. The van der Waals surface area contributed by atoms with Crippen LogP contribution in [0.5, 0.6) is 0 Å². The van der Waals surface area contributed by atoms with Gasteiger partial charge in [0, 0.05) is 45.2 Å². The van der Waals surface area contributed by atoms with Gasteiger partial charge in [-0.1, -0.05) is 18.2 Å². The molecule has 4 rings (SSSR count). The molecule has 9 nitrogen and oxygen atoms in total. The van der Waals surface area contributed by atoms with Crippen molar-refractivity contribution in [3.8, 4) is 6.07 Å². The van der Waals surface area contributed by atoms with Gasteiger partial charge in [0.05, 0.1) is 31.2 Å². The Morgan fingerprint density at radius 3 is 2.69 bits per heavy atom. The van der Waals surface area contributed by atoms with Crippen LogP contribution in [0.2, 0.25) is 0 Å². The van der Waals surface area contributed by atoms with E-state index in [9.17, 15) is 24.0 Å². The molecule has 1 spiro atoms. The van der Waals surface area contributed by atoms with Crippen molar-refractivity contribution in [2.24, 2.45) is 0 Å². The van der Waals surface area contributed by atoms with Crippen LogP contribution < -0.4 is 5.32 Å². The molecule has 2 fully saturated rings. The third-order valence-electron chi connectivity index (χ3n) is 7.20. The number of benzene rings is 1. The highest BCUT2D eigenvalue weighted by molar-refractivity contribution is 6.07. The van der Waals surface area contributed by atoms with Crippen molar-refractivity contribution in [1.82, 2.24) is 14.7 Å². The predicted molar refractivity (Wildman–Crippen MR) is 126 cm³/mol. The molecule has 2 saturated heterocycles. The van der Waals surface area contributed by atoms with Crippen LogP contribution in [0.15, 0.2) is 24.3 Å². The normalized spacial score (nSPS) is 25.2. The molecule has 0 aromatic heterocycles. The lowest BCUT2D eigenvalue weighted by Crippen LogP contribution is -2.55. The van der Waals surface area contributed by atoms with Crippen LogP contribution in [0.1, 0.15) is 32.3 Å². The Kier molecular flexibility index (Phi) is 6.84. The summed E-state index contributed by atoms with van der Waals surface area (Å²) in [4.78, 5) is 44.6. The van der Waals surface area contributed by atoms with Crippen molar-refractivity contribution < 1.29 is 23.5 Å². The van der Waals surface area contributed by atoms with E-state index in [1.807, 2.05) is 23.1 Å². The molecule has 3 amide bonds. The highest BCUT2D eigenvalue weighted by atomic mass is 19.1. The van der Waals surface area contributed by atoms with Gasteiger partial charge in [-0.15, -0.1) is 0 Å². The largest absolute Gasteiger partial charge is 0.379 e. The van der Waals surface area contributed by atoms with Gasteiger partial charge in [0.1, 0.15) is 17.8 Å². The minimum Gasteiger partial charge on any atom is -0.379 e. The number of likely N-dealkylation sites (N-methyl/N-ethyl adjacent to an activating group) is 1. The Morgan fingerprint density at radius 2 is 2.03 bits per heavy atom. The second-order valence-corrected chi connectivity index (χ2v) is 10.2. The van der Waals surface area contributed by atoms with Crippen molar-refractivity contribution in [2.45, 2.75) is 49.9 Å². The maximum atomic E-state index is 14.8. The minimum absolute atomic E-state index is 0.00160. The standard InChI is InChI=1S/C25H32FN5O4/c1-24(2,26)13-20(29(3)21(32)15-30-8-10-35-11-9-30)22(33)31-16-25(12-17(31)14-27)18-6-4-5-7-19(18)28-23(25)34/h4-7,17,20H,8-13,15-16H2,1-3H3,(H,28,34)/t17-,20-,25-/m0/s1. The Balaban J connectivity index is 1.59. The highest BCUT2D eigenvalue weighted by Crippen LogP contribution is 2.46. The average molecular weight is 486 g/mol. The zero-order valence-electron chi connectivity index (χ0n) is 20.4. The lowest BCUT2D eigenvalue weighted by atomic mass is 9.80. The fraction of sp³-hybridized carbons (Fsp3) is 0.600. The van der Waals surface area contributed by atoms with E-state index in [2.05, 4.69) is 11.4 Å². The molecule has 0 radical (unpaired) electrons. The van der Waals surface area contributed by atoms with Gasteiger partial charge in [0.15, 0.2) is 0 Å². The second kappa shape index (κ2) is 9.55. The molecule has 3 aliphatic rings. The van der Waals surface area contributed by atoms with Crippen LogP contribution in [0.4, 0.5) is 10.1 Å². The number of para-hydroxylation sites is 1. The van der Waals surface area contributed by atoms with Crippen LogP contribution in [-0.2, 0) is 24.5 Å². The Hall–Kier alpha value is -3.03. The summed E-state index contributed by atoms with van der Waals surface area (Å²) < 4.78 is 20.2. The number of carbonyl (C=O) groups excluding carboxylic acids is 3. The van der Waals surface area contributed by atoms with Crippen molar-refractivity contribution in [3.63, 3.8) is 0 Å². The van der Waals surface area contributed by atoms with Crippen LogP contribution in [0, 0.1) is 11.3 Å². The maximum Gasteiger partial charge on any atom is 0.246 e. The van der Waals surface area contributed by atoms with Gasteiger partial charge in [-0.3, -0.25) is 19.3 Å². The number of anilines is 1. The van der Waals surface area contributed by atoms with E-state index < -0.39 is 29.1 Å². The summed E-state index contributed by atoms with van der Waals surface area (Å²) >= 11 is 0. The van der Waals surface area contributed by atoms with Gasteiger partial charge < -0.3 is 19.9 Å². The van der Waals surface area contributed by atoms with E-state index in [4.69, 9.17) is 4.74 Å². The molecule has 3 aliphatic heterocycles. The lowest BCUT2D eigenvalue weighted by Gasteiger charge is -2.36. The van der Waals surface area contributed by atoms with Crippen molar-refractivity contribution in [1.29, 1.82) is 5.26 Å². The predicted octanol–water partition coefficient (Wildman–Crippen LogP) is 1.30. The smallest absolute Gasteiger partial charge is 0.246 e. The van der Waals surface area contributed by atoms with Crippen molar-refractivity contribution in [2.75, 3.05) is 51.8 Å². The van der Waals surface area contributed by atoms with Gasteiger partial charge in [0.2, 0.25) is 17.7 Å². The molecular formula is C25H32FN5O4. The number of carbonyl (C=O) groups is 3. The lowest BCUT2D eigenvalue weighted by molar-refractivity contribution is -0.147. The topological polar surface area (TPSA) is 106 Å². The molecule has 1 aromatic carbocycles. The number of nitrogens with zero attached hydrogens (tertiary/aromatic N) is 4. The monoisotopic (exact) mass is 485 g/mol. The molecule has 0 unspecified atom stereocenters. The van der Waals surface area contributed by atoms with E-state index in [1.165, 1.54) is 30.7 Å². The first-order valence-corrected chi connectivity index (χ1v) is 11.9. The van der Waals surface area contributed by atoms with Crippen molar-refractivity contribution >= 4 is 23.4 Å². The average Bonchev–Trinajstić information content (AvgIpc) is 3.35. The summed E-state index contributed by atoms with van der Waals surface area (Å²) in [7, 11) is 1.50. The summed E-state index contributed by atoms with van der Waals surface area (Å²) in [6, 6.07) is 7.44. The Bertz CT molecular complexity index is 1050. The van der Waals surface area contributed by atoms with E-state index in [1.54, 1.807) is 6.07 Å². The van der Waals surface area contributed by atoms with E-state index in [-0.39, 0.29) is 37.7 Å². The molecule has 1 N–H and O–H groups in total. The Morgan fingerprint density at radius 1 is 1.34 bits per heavy atom. The summed E-state index contributed by atoms with van der Waals surface area (Å²) in [5, 5.41) is 12.8. The van der Waals surface area contributed by atoms with Gasteiger partial charge in [-0.2, -0.15) is 5.26 Å². The zero-order chi connectivity index (χ0) is 25.4. The van der Waals surface area contributed by atoms with Gasteiger partial charge in [-0.25, -0.2) is 4.39 Å². The number of amides is 3. The number of alkyl halides is 1. The zero-order valence-corrected chi connectivity index (χ0v) is 20.4. The number of hydrogen-bond donors (Lipinski definition) is 1. The van der Waals surface area contributed by atoms with E-state index in [0.29, 0.717) is 32.0 Å². The first kappa shape index (κ1) is 25.1. The molecule has 0 bridgehead atoms. The number of halogens is 1. The fourth-order valence-corrected chi connectivity index (χ4v) is 5.26. The number of hydrogen-bond acceptors (Lipinski definition) is 6. The van der Waals surface area contributed by atoms with Crippen LogP contribution in [0.25, 0.3) is 0 Å². The first-order chi connectivity index (χ1) is 16.6. The Labute approximate surface area is 204 Å². The number of nitrogens with one attached hydrogen (secondary N) is 1. The molecule has 0 saturated carbocycles. The number of rotatable bonds is 6.